The first-order valence-corrected chi connectivity index (χ1v) is 7.75. The van der Waals surface area contributed by atoms with Crippen molar-refractivity contribution in [3.8, 4) is 11.6 Å². The Morgan fingerprint density at radius 2 is 2.11 bits per heavy atom. The van der Waals surface area contributed by atoms with Crippen molar-refractivity contribution in [2.45, 2.75) is 5.16 Å². The number of thioether (sulfide) groups is 1. The van der Waals surface area contributed by atoms with Crippen molar-refractivity contribution in [3.63, 3.8) is 0 Å². The predicted octanol–water partition coefficient (Wildman–Crippen LogP) is 4.45. The third kappa shape index (κ3) is 3.75. The molecule has 0 aliphatic rings. The van der Waals surface area contributed by atoms with E-state index in [1.807, 2.05) is 12.3 Å². The number of nitrogens with one attached hydrogen (secondary N) is 1. The summed E-state index contributed by atoms with van der Waals surface area (Å²) in [6.07, 6.45) is 1.91. The fraction of sp³-hybridized carbons (Fsp3) is 0.167. The number of hydrogen-bond acceptors (Lipinski definition) is 5. The van der Waals surface area contributed by atoms with Crippen LogP contribution in [-0.4, -0.2) is 23.3 Å². The Labute approximate surface area is 129 Å². The SMILES string of the molecule is CNc1cc(Oc2ccc(Br)cc2Cl)nc(SC)n1. The third-order valence-electron chi connectivity index (χ3n) is 2.23. The molecule has 1 heterocycles. The molecule has 0 unspecified atom stereocenters. The van der Waals surface area contributed by atoms with Crippen LogP contribution in [0.2, 0.25) is 5.02 Å². The molecular formula is C12H11BrClN3OS. The summed E-state index contributed by atoms with van der Waals surface area (Å²) in [5, 5.41) is 4.12. The number of ether oxygens (including phenoxy) is 1. The molecule has 100 valence electrons. The molecule has 0 radical (unpaired) electrons. The van der Waals surface area contributed by atoms with Crippen molar-refractivity contribution in [1.82, 2.24) is 9.97 Å². The molecule has 0 bridgehead atoms. The van der Waals surface area contributed by atoms with E-state index in [0.717, 1.165) is 4.47 Å². The van der Waals surface area contributed by atoms with Crippen LogP contribution in [0.15, 0.2) is 33.9 Å². The Balaban J connectivity index is 2.31. The number of rotatable bonds is 4. The molecule has 0 atom stereocenters. The van der Waals surface area contributed by atoms with E-state index in [0.29, 0.717) is 27.6 Å². The summed E-state index contributed by atoms with van der Waals surface area (Å²) in [7, 11) is 1.79. The van der Waals surface area contributed by atoms with E-state index in [1.165, 1.54) is 11.8 Å². The molecular weight excluding hydrogens is 350 g/mol. The van der Waals surface area contributed by atoms with E-state index in [-0.39, 0.29) is 0 Å². The van der Waals surface area contributed by atoms with Gasteiger partial charge in [-0.05, 0) is 24.5 Å². The molecule has 19 heavy (non-hydrogen) atoms. The number of anilines is 1. The Kier molecular flexibility index (Phi) is 4.90. The molecule has 0 saturated heterocycles. The highest BCUT2D eigenvalue weighted by Crippen LogP contribution is 2.32. The van der Waals surface area contributed by atoms with Gasteiger partial charge in [0.1, 0.15) is 11.6 Å². The number of halogens is 2. The molecule has 0 aliphatic heterocycles. The summed E-state index contributed by atoms with van der Waals surface area (Å²) in [5.41, 5.74) is 0. The van der Waals surface area contributed by atoms with E-state index in [4.69, 9.17) is 16.3 Å². The maximum absolute atomic E-state index is 6.11. The summed E-state index contributed by atoms with van der Waals surface area (Å²) < 4.78 is 6.59. The van der Waals surface area contributed by atoms with Crippen molar-refractivity contribution < 1.29 is 4.74 Å². The molecule has 4 nitrogen and oxygen atoms in total. The van der Waals surface area contributed by atoms with Gasteiger partial charge in [0, 0.05) is 17.6 Å². The van der Waals surface area contributed by atoms with Gasteiger partial charge >= 0.3 is 0 Å². The summed E-state index contributed by atoms with van der Waals surface area (Å²) in [6.45, 7) is 0. The smallest absolute Gasteiger partial charge is 0.225 e. The molecule has 1 aromatic carbocycles. The van der Waals surface area contributed by atoms with Crippen molar-refractivity contribution >= 4 is 45.1 Å². The van der Waals surface area contributed by atoms with Gasteiger partial charge in [-0.2, -0.15) is 4.98 Å². The number of aromatic nitrogens is 2. The van der Waals surface area contributed by atoms with Gasteiger partial charge in [-0.25, -0.2) is 4.98 Å². The average molecular weight is 361 g/mol. The van der Waals surface area contributed by atoms with E-state index in [2.05, 4.69) is 31.2 Å². The number of hydrogen-bond donors (Lipinski definition) is 1. The Hall–Kier alpha value is -0.980. The monoisotopic (exact) mass is 359 g/mol. The summed E-state index contributed by atoms with van der Waals surface area (Å²) in [4.78, 5) is 8.55. The highest BCUT2D eigenvalue weighted by atomic mass is 79.9. The lowest BCUT2D eigenvalue weighted by Crippen LogP contribution is -1.98. The number of nitrogens with zero attached hydrogens (tertiary/aromatic N) is 2. The van der Waals surface area contributed by atoms with Crippen LogP contribution in [-0.2, 0) is 0 Å². The van der Waals surface area contributed by atoms with Crippen LogP contribution >= 0.6 is 39.3 Å². The van der Waals surface area contributed by atoms with Crippen molar-refractivity contribution in [3.05, 3.63) is 33.8 Å². The maximum atomic E-state index is 6.11. The summed E-state index contributed by atoms with van der Waals surface area (Å²) in [6, 6.07) is 7.13. The van der Waals surface area contributed by atoms with Gasteiger partial charge in [0.15, 0.2) is 5.16 Å². The summed E-state index contributed by atoms with van der Waals surface area (Å²) in [5.74, 6) is 1.70. The summed E-state index contributed by atoms with van der Waals surface area (Å²) >= 11 is 10.9. The molecule has 2 rings (SSSR count). The molecule has 0 fully saturated rings. The lowest BCUT2D eigenvalue weighted by Gasteiger charge is -2.09. The van der Waals surface area contributed by atoms with Gasteiger partial charge in [-0.3, -0.25) is 0 Å². The van der Waals surface area contributed by atoms with Crippen LogP contribution in [0.5, 0.6) is 11.6 Å². The molecule has 1 aromatic heterocycles. The molecule has 7 heteroatoms. The lowest BCUT2D eigenvalue weighted by molar-refractivity contribution is 0.456. The van der Waals surface area contributed by atoms with Crippen LogP contribution in [0, 0.1) is 0 Å². The normalized spacial score (nSPS) is 10.3. The topological polar surface area (TPSA) is 47.0 Å². The lowest BCUT2D eigenvalue weighted by atomic mass is 10.3. The van der Waals surface area contributed by atoms with Crippen LogP contribution in [0.3, 0.4) is 0 Å². The number of benzene rings is 1. The first-order valence-electron chi connectivity index (χ1n) is 5.36. The molecule has 0 spiro atoms. The van der Waals surface area contributed by atoms with Gasteiger partial charge in [-0.15, -0.1) is 0 Å². The second kappa shape index (κ2) is 6.45. The van der Waals surface area contributed by atoms with Crippen molar-refractivity contribution in [2.75, 3.05) is 18.6 Å². The predicted molar refractivity (Wildman–Crippen MR) is 82.6 cm³/mol. The van der Waals surface area contributed by atoms with Crippen LogP contribution < -0.4 is 10.1 Å². The van der Waals surface area contributed by atoms with Gasteiger partial charge in [0.05, 0.1) is 5.02 Å². The van der Waals surface area contributed by atoms with Gasteiger partial charge in [0.25, 0.3) is 0 Å². The zero-order valence-corrected chi connectivity index (χ0v) is 13.4. The molecule has 2 aromatic rings. The standard InChI is InChI=1S/C12H11BrClN3OS/c1-15-10-6-11(17-12(16-10)19-2)18-9-4-3-7(13)5-8(9)14/h3-6H,1-2H3,(H,15,16,17). The fourth-order valence-corrected chi connectivity index (χ4v) is 2.43. The Morgan fingerprint density at radius 3 is 2.74 bits per heavy atom. The zero-order valence-electron chi connectivity index (χ0n) is 10.3. The van der Waals surface area contributed by atoms with Gasteiger partial charge in [-0.1, -0.05) is 39.3 Å². The third-order valence-corrected chi connectivity index (χ3v) is 3.57. The first kappa shape index (κ1) is 14.4. The van der Waals surface area contributed by atoms with E-state index in [1.54, 1.807) is 25.2 Å². The van der Waals surface area contributed by atoms with E-state index >= 15 is 0 Å². The first-order chi connectivity index (χ1) is 9.12. The van der Waals surface area contributed by atoms with Crippen molar-refractivity contribution in [1.29, 1.82) is 0 Å². The van der Waals surface area contributed by atoms with Gasteiger partial charge in [0.2, 0.25) is 5.88 Å². The van der Waals surface area contributed by atoms with Crippen molar-refractivity contribution in [2.24, 2.45) is 0 Å². The zero-order chi connectivity index (χ0) is 13.8. The minimum absolute atomic E-state index is 0.452. The second-order valence-electron chi connectivity index (χ2n) is 3.50. The van der Waals surface area contributed by atoms with E-state index < -0.39 is 0 Å². The highest BCUT2D eigenvalue weighted by Gasteiger charge is 2.08. The fourth-order valence-electron chi connectivity index (χ4n) is 1.35. The molecule has 0 aliphatic carbocycles. The van der Waals surface area contributed by atoms with Crippen LogP contribution in [0.1, 0.15) is 0 Å². The molecule has 0 amide bonds. The van der Waals surface area contributed by atoms with E-state index in [9.17, 15) is 0 Å². The quantitative estimate of drug-likeness (QED) is 0.645. The molecule has 0 saturated carbocycles. The highest BCUT2D eigenvalue weighted by molar-refractivity contribution is 9.10. The minimum Gasteiger partial charge on any atom is -0.437 e. The molecule has 1 N–H and O–H groups in total. The minimum atomic E-state index is 0.452. The van der Waals surface area contributed by atoms with Gasteiger partial charge < -0.3 is 10.1 Å². The van der Waals surface area contributed by atoms with Crippen LogP contribution in [0.25, 0.3) is 0 Å². The Bertz CT molecular complexity index is 575. The maximum Gasteiger partial charge on any atom is 0.225 e. The van der Waals surface area contributed by atoms with Crippen LogP contribution in [0.4, 0.5) is 5.82 Å². The Morgan fingerprint density at radius 1 is 1.32 bits per heavy atom. The average Bonchev–Trinajstić information content (AvgIpc) is 2.41. The second-order valence-corrected chi connectivity index (χ2v) is 5.60. The largest absolute Gasteiger partial charge is 0.437 e.